The molecule has 1 aliphatic heterocycles. The number of hydrogen-bond donors (Lipinski definition) is 5. The van der Waals surface area contributed by atoms with Gasteiger partial charge in [-0.1, -0.05) is 50.1 Å². The smallest absolute Gasteiger partial charge is 0.544 e. The van der Waals surface area contributed by atoms with Crippen LogP contribution in [0.1, 0.15) is 51.5 Å². The number of benzene rings is 1. The van der Waals surface area contributed by atoms with Crippen molar-refractivity contribution in [2.75, 3.05) is 6.54 Å². The largest absolute Gasteiger partial charge is 1.00 e. The van der Waals surface area contributed by atoms with E-state index < -0.39 is 54.5 Å². The monoisotopic (exact) mass is 518 g/mol. The van der Waals surface area contributed by atoms with Crippen LogP contribution >= 0.6 is 0 Å². The Hall–Kier alpha value is -1.57. The number of unbranched alkanes of at least 4 members (excludes halogenated alkanes) is 2. The van der Waals surface area contributed by atoms with Crippen LogP contribution in [0.3, 0.4) is 0 Å². The molecule has 0 spiro atoms. The van der Waals surface area contributed by atoms with Gasteiger partial charge in [-0.3, -0.25) is 9.59 Å². The van der Waals surface area contributed by atoms with E-state index >= 15 is 0 Å². The van der Waals surface area contributed by atoms with Gasteiger partial charge in [-0.05, 0) is 12.0 Å². The molecule has 6 atom stereocenters. The standard InChI is InChI=1S/C24H36N2O9.Na/c1-3-4-6-11-19(30)25-13-18(29)21(31)22-20(26-15(2)27)17(28)12-24(35-22,23(32)33)34-14-16-9-7-5-8-10-16;/h5,7-10,17-18,20-22,28-29,31H,3-4,6,11-14H2,1-2H3,(H,25,30)(H,26,27)(H,32,33);/q;+1/p-1/t17-,18+,20+,21-,22+,24+;/m0./s1. The van der Waals surface area contributed by atoms with Gasteiger partial charge in [0.25, 0.3) is 0 Å². The molecule has 0 aromatic heterocycles. The van der Waals surface area contributed by atoms with Crippen LogP contribution in [0.4, 0.5) is 0 Å². The van der Waals surface area contributed by atoms with Crippen LogP contribution in [-0.4, -0.2) is 75.9 Å². The molecule has 196 valence electrons. The molecule has 0 bridgehead atoms. The molecule has 11 nitrogen and oxygen atoms in total. The van der Waals surface area contributed by atoms with Crippen LogP contribution in [0.2, 0.25) is 0 Å². The topological polar surface area (TPSA) is 177 Å². The summed E-state index contributed by atoms with van der Waals surface area (Å²) in [4.78, 5) is 35.7. The van der Waals surface area contributed by atoms with Gasteiger partial charge >= 0.3 is 29.6 Å². The Kier molecular flexibility index (Phi) is 14.1. The molecule has 1 aromatic rings. The van der Waals surface area contributed by atoms with E-state index in [-0.39, 0.29) is 55.0 Å². The summed E-state index contributed by atoms with van der Waals surface area (Å²) < 4.78 is 11.2. The molecule has 0 saturated carbocycles. The minimum atomic E-state index is -2.46. The van der Waals surface area contributed by atoms with Gasteiger partial charge in [0, 0.05) is 26.3 Å². The summed E-state index contributed by atoms with van der Waals surface area (Å²) >= 11 is 0. The van der Waals surface area contributed by atoms with Crippen molar-refractivity contribution >= 4 is 17.8 Å². The molecule has 0 aliphatic carbocycles. The first-order chi connectivity index (χ1) is 16.6. The number of aliphatic hydroxyl groups excluding tert-OH is 3. The van der Waals surface area contributed by atoms with Crippen molar-refractivity contribution in [3.05, 3.63) is 35.9 Å². The molecule has 1 saturated heterocycles. The second-order valence-electron chi connectivity index (χ2n) is 8.71. The number of rotatable bonds is 13. The van der Waals surface area contributed by atoms with Gasteiger partial charge < -0.3 is 45.3 Å². The Morgan fingerprint density at radius 1 is 1.22 bits per heavy atom. The average Bonchev–Trinajstić information content (AvgIpc) is 2.82. The predicted molar refractivity (Wildman–Crippen MR) is 121 cm³/mol. The Morgan fingerprint density at radius 2 is 1.89 bits per heavy atom. The summed E-state index contributed by atoms with van der Waals surface area (Å²) in [6, 6.07) is 7.36. The molecule has 5 N–H and O–H groups in total. The first-order valence-corrected chi connectivity index (χ1v) is 11.7. The Bertz CT molecular complexity index is 844. The minimum absolute atomic E-state index is 0. The van der Waals surface area contributed by atoms with Crippen molar-refractivity contribution in [2.45, 2.75) is 88.8 Å². The van der Waals surface area contributed by atoms with Gasteiger partial charge in [0.05, 0.1) is 24.9 Å². The second kappa shape index (κ2) is 15.6. The van der Waals surface area contributed by atoms with Crippen molar-refractivity contribution < 1.29 is 73.8 Å². The number of carboxylic acids is 1. The molecule has 0 unspecified atom stereocenters. The summed E-state index contributed by atoms with van der Waals surface area (Å²) in [5.41, 5.74) is 0.623. The molecule has 36 heavy (non-hydrogen) atoms. The molecule has 2 rings (SSSR count). The summed E-state index contributed by atoms with van der Waals surface area (Å²) in [5.74, 6) is -5.13. The minimum Gasteiger partial charge on any atom is -0.544 e. The summed E-state index contributed by atoms with van der Waals surface area (Å²) in [6.45, 7) is 2.62. The van der Waals surface area contributed by atoms with Crippen LogP contribution in [0, 0.1) is 0 Å². The fourth-order valence-electron chi connectivity index (χ4n) is 3.90. The zero-order valence-corrected chi connectivity index (χ0v) is 23.0. The summed E-state index contributed by atoms with van der Waals surface area (Å²) in [6.07, 6.45) is -4.35. The number of carbonyl (C=O) groups excluding carboxylic acids is 3. The second-order valence-corrected chi connectivity index (χ2v) is 8.71. The van der Waals surface area contributed by atoms with Crippen LogP contribution in [0.25, 0.3) is 0 Å². The Labute approximate surface area is 232 Å². The first kappa shape index (κ1) is 32.5. The zero-order chi connectivity index (χ0) is 26.0. The van der Waals surface area contributed by atoms with Crippen molar-refractivity contribution in [2.24, 2.45) is 0 Å². The average molecular weight is 519 g/mol. The van der Waals surface area contributed by atoms with Crippen molar-refractivity contribution in [3.8, 4) is 0 Å². The third kappa shape index (κ3) is 9.38. The van der Waals surface area contributed by atoms with E-state index in [2.05, 4.69) is 10.6 Å². The SMILES string of the molecule is CCCCCC(=O)NC[C@@H](O)[C@H](O)[C@@H]1O[C@@](OCc2ccccc2)(C(=O)[O-])C[C@H](O)[C@H]1NC(C)=O.[Na+]. The molecule has 1 aromatic carbocycles. The third-order valence-corrected chi connectivity index (χ3v) is 5.82. The van der Waals surface area contributed by atoms with Crippen LogP contribution in [-0.2, 0) is 30.5 Å². The number of aliphatic carboxylic acids is 1. The fourth-order valence-corrected chi connectivity index (χ4v) is 3.90. The fraction of sp³-hybridized carbons (Fsp3) is 0.625. The van der Waals surface area contributed by atoms with E-state index in [9.17, 15) is 34.8 Å². The maximum atomic E-state index is 12.1. The first-order valence-electron chi connectivity index (χ1n) is 11.7. The van der Waals surface area contributed by atoms with Crippen LogP contribution < -0.4 is 45.3 Å². The Balaban J connectivity index is 0.00000648. The number of nitrogens with one attached hydrogen (secondary N) is 2. The van der Waals surface area contributed by atoms with Gasteiger partial charge in [-0.15, -0.1) is 0 Å². The van der Waals surface area contributed by atoms with E-state index in [0.29, 0.717) is 12.0 Å². The molecule has 1 fully saturated rings. The summed E-state index contributed by atoms with van der Waals surface area (Å²) in [5, 5.41) is 49.0. The maximum absolute atomic E-state index is 12.1. The number of amides is 2. The van der Waals surface area contributed by atoms with Gasteiger partial charge in [0.1, 0.15) is 18.2 Å². The molecule has 1 aliphatic rings. The van der Waals surface area contributed by atoms with E-state index in [1.54, 1.807) is 30.3 Å². The van der Waals surface area contributed by atoms with E-state index in [1.165, 1.54) is 6.92 Å². The molecule has 2 amide bonds. The number of ether oxygens (including phenoxy) is 2. The molecule has 1 heterocycles. The van der Waals surface area contributed by atoms with Gasteiger partial charge in [0.2, 0.25) is 17.6 Å². The van der Waals surface area contributed by atoms with Crippen molar-refractivity contribution in [3.63, 3.8) is 0 Å². The number of hydrogen-bond acceptors (Lipinski definition) is 9. The third-order valence-electron chi connectivity index (χ3n) is 5.82. The normalized spacial score (nSPS) is 25.2. The molecular formula is C24H35N2NaO9. The number of aliphatic hydroxyl groups is 3. The number of carboxylic acid groups (broad SMARTS) is 1. The molecular weight excluding hydrogens is 483 g/mol. The summed E-state index contributed by atoms with van der Waals surface area (Å²) in [7, 11) is 0. The van der Waals surface area contributed by atoms with Gasteiger partial charge in [-0.2, -0.15) is 0 Å². The molecule has 0 radical (unpaired) electrons. The predicted octanol–water partition coefficient (Wildman–Crippen LogP) is -4.27. The Morgan fingerprint density at radius 3 is 2.47 bits per heavy atom. The maximum Gasteiger partial charge on any atom is 1.00 e. The van der Waals surface area contributed by atoms with E-state index in [0.717, 1.165) is 12.8 Å². The zero-order valence-electron chi connectivity index (χ0n) is 21.0. The van der Waals surface area contributed by atoms with Crippen LogP contribution in [0.15, 0.2) is 30.3 Å². The van der Waals surface area contributed by atoms with E-state index in [4.69, 9.17) is 9.47 Å². The number of carbonyl (C=O) groups is 3. The van der Waals surface area contributed by atoms with Crippen LogP contribution in [0.5, 0.6) is 0 Å². The van der Waals surface area contributed by atoms with Crippen molar-refractivity contribution in [1.29, 1.82) is 0 Å². The quantitative estimate of drug-likeness (QED) is 0.128. The van der Waals surface area contributed by atoms with E-state index in [1.807, 2.05) is 6.92 Å². The van der Waals surface area contributed by atoms with Crippen molar-refractivity contribution in [1.82, 2.24) is 10.6 Å². The molecule has 12 heteroatoms. The van der Waals surface area contributed by atoms with Gasteiger partial charge in [-0.25, -0.2) is 0 Å². The van der Waals surface area contributed by atoms with Gasteiger partial charge in [0.15, 0.2) is 0 Å².